The fraction of sp³-hybridized carbons (Fsp3) is 0.938. The van der Waals surface area contributed by atoms with Gasteiger partial charge in [0.1, 0.15) is 0 Å². The molecule has 5 unspecified atom stereocenters. The van der Waals surface area contributed by atoms with Crippen molar-refractivity contribution in [3.05, 3.63) is 0 Å². The summed E-state index contributed by atoms with van der Waals surface area (Å²) in [5, 5.41) is 0. The summed E-state index contributed by atoms with van der Waals surface area (Å²) in [6.07, 6.45) is 4.49. The van der Waals surface area contributed by atoms with Crippen molar-refractivity contribution in [2.45, 2.75) is 64.6 Å². The standard InChI is InChI=1S/C16H31N3O/c1-11-9-19(10-12(2)18(11)4)16(20)13(3)14-6-5-7-15(17)8-14/h11-15H,5-10,17H2,1-4H3. The van der Waals surface area contributed by atoms with Gasteiger partial charge in [0.2, 0.25) is 5.91 Å². The molecule has 0 aromatic heterocycles. The number of carbonyl (C=O) groups is 1. The molecule has 4 nitrogen and oxygen atoms in total. The van der Waals surface area contributed by atoms with Crippen molar-refractivity contribution in [1.82, 2.24) is 9.80 Å². The zero-order chi connectivity index (χ0) is 14.9. The van der Waals surface area contributed by atoms with Crippen LogP contribution in [0, 0.1) is 11.8 Å². The molecule has 2 fully saturated rings. The SMILES string of the molecule is CC(C(=O)N1CC(C)N(C)C(C)C1)C1CCCC(N)C1. The van der Waals surface area contributed by atoms with Gasteiger partial charge in [-0.25, -0.2) is 0 Å². The van der Waals surface area contributed by atoms with Crippen molar-refractivity contribution < 1.29 is 4.79 Å². The molecule has 5 atom stereocenters. The number of hydrogen-bond donors (Lipinski definition) is 1. The molecular weight excluding hydrogens is 250 g/mol. The Morgan fingerprint density at radius 2 is 1.80 bits per heavy atom. The summed E-state index contributed by atoms with van der Waals surface area (Å²) in [7, 11) is 2.15. The summed E-state index contributed by atoms with van der Waals surface area (Å²) in [4.78, 5) is 17.2. The summed E-state index contributed by atoms with van der Waals surface area (Å²) in [6, 6.07) is 1.20. The highest BCUT2D eigenvalue weighted by Gasteiger charge is 2.35. The van der Waals surface area contributed by atoms with Crippen molar-refractivity contribution in [3.8, 4) is 0 Å². The van der Waals surface area contributed by atoms with Gasteiger partial charge in [-0.1, -0.05) is 13.3 Å². The van der Waals surface area contributed by atoms with E-state index in [1.54, 1.807) is 0 Å². The summed E-state index contributed by atoms with van der Waals surface area (Å²) in [6.45, 7) is 8.25. The number of nitrogens with zero attached hydrogens (tertiary/aromatic N) is 2. The van der Waals surface area contributed by atoms with Gasteiger partial charge < -0.3 is 10.6 Å². The van der Waals surface area contributed by atoms with E-state index >= 15 is 0 Å². The molecule has 1 aliphatic carbocycles. The maximum atomic E-state index is 12.8. The Morgan fingerprint density at radius 1 is 1.20 bits per heavy atom. The quantitative estimate of drug-likeness (QED) is 0.838. The zero-order valence-electron chi connectivity index (χ0n) is 13.5. The van der Waals surface area contributed by atoms with Crippen LogP contribution in [-0.4, -0.2) is 54.0 Å². The molecule has 0 aromatic rings. The second-order valence-electron chi connectivity index (χ2n) is 7.08. The summed E-state index contributed by atoms with van der Waals surface area (Å²) in [5.41, 5.74) is 6.07. The third kappa shape index (κ3) is 3.34. The number of likely N-dealkylation sites (N-methyl/N-ethyl adjacent to an activating group) is 1. The molecule has 20 heavy (non-hydrogen) atoms. The van der Waals surface area contributed by atoms with E-state index in [1.165, 1.54) is 12.8 Å². The summed E-state index contributed by atoms with van der Waals surface area (Å²) >= 11 is 0. The van der Waals surface area contributed by atoms with Gasteiger partial charge in [-0.15, -0.1) is 0 Å². The second-order valence-corrected chi connectivity index (χ2v) is 7.08. The van der Waals surface area contributed by atoms with E-state index in [2.05, 4.69) is 37.6 Å². The molecule has 116 valence electrons. The van der Waals surface area contributed by atoms with Crippen molar-refractivity contribution in [2.24, 2.45) is 17.6 Å². The van der Waals surface area contributed by atoms with Gasteiger partial charge in [0.25, 0.3) is 0 Å². The van der Waals surface area contributed by atoms with Crippen LogP contribution in [0.4, 0.5) is 0 Å². The normalized spacial score (nSPS) is 37.8. The van der Waals surface area contributed by atoms with Crippen LogP contribution < -0.4 is 5.73 Å². The lowest BCUT2D eigenvalue weighted by Gasteiger charge is -2.44. The van der Waals surface area contributed by atoms with Crippen molar-refractivity contribution in [2.75, 3.05) is 20.1 Å². The summed E-state index contributed by atoms with van der Waals surface area (Å²) < 4.78 is 0. The highest BCUT2D eigenvalue weighted by atomic mass is 16.2. The van der Waals surface area contributed by atoms with Crippen LogP contribution in [0.2, 0.25) is 0 Å². The molecule has 2 N–H and O–H groups in total. The third-order valence-corrected chi connectivity index (χ3v) is 5.52. The Kier molecular flexibility index (Phi) is 5.08. The molecule has 1 amide bonds. The van der Waals surface area contributed by atoms with Crippen LogP contribution in [0.3, 0.4) is 0 Å². The lowest BCUT2D eigenvalue weighted by Crippen LogP contribution is -2.57. The molecule has 0 radical (unpaired) electrons. The van der Waals surface area contributed by atoms with Gasteiger partial charge in [-0.2, -0.15) is 0 Å². The van der Waals surface area contributed by atoms with E-state index in [-0.39, 0.29) is 5.92 Å². The smallest absolute Gasteiger partial charge is 0.225 e. The monoisotopic (exact) mass is 281 g/mol. The van der Waals surface area contributed by atoms with Gasteiger partial charge >= 0.3 is 0 Å². The maximum Gasteiger partial charge on any atom is 0.225 e. The van der Waals surface area contributed by atoms with Gasteiger partial charge in [-0.3, -0.25) is 9.69 Å². The number of amides is 1. The van der Waals surface area contributed by atoms with Crippen molar-refractivity contribution >= 4 is 5.91 Å². The number of hydrogen-bond acceptors (Lipinski definition) is 3. The molecule has 2 rings (SSSR count). The highest BCUT2D eigenvalue weighted by Crippen LogP contribution is 2.31. The molecule has 1 aliphatic heterocycles. The number of nitrogens with two attached hydrogens (primary N) is 1. The molecule has 1 saturated carbocycles. The van der Waals surface area contributed by atoms with Gasteiger partial charge in [0, 0.05) is 37.1 Å². The average molecular weight is 281 g/mol. The van der Waals surface area contributed by atoms with E-state index in [0.717, 1.165) is 25.9 Å². The molecule has 4 heteroatoms. The minimum Gasteiger partial charge on any atom is -0.339 e. The first-order valence-electron chi connectivity index (χ1n) is 8.16. The Balaban J connectivity index is 1.96. The van der Waals surface area contributed by atoms with Gasteiger partial charge in [0.15, 0.2) is 0 Å². The van der Waals surface area contributed by atoms with Crippen LogP contribution in [0.15, 0.2) is 0 Å². The topological polar surface area (TPSA) is 49.6 Å². The predicted octanol–water partition coefficient (Wildman–Crippen LogP) is 1.69. The first kappa shape index (κ1) is 15.8. The van der Waals surface area contributed by atoms with Gasteiger partial charge in [0.05, 0.1) is 0 Å². The van der Waals surface area contributed by atoms with Crippen LogP contribution in [-0.2, 0) is 4.79 Å². The van der Waals surface area contributed by atoms with E-state index in [9.17, 15) is 4.79 Å². The number of piperazine rings is 1. The van der Waals surface area contributed by atoms with Crippen LogP contribution in [0.25, 0.3) is 0 Å². The van der Waals surface area contributed by atoms with Crippen LogP contribution in [0.1, 0.15) is 46.5 Å². The van der Waals surface area contributed by atoms with Crippen LogP contribution >= 0.6 is 0 Å². The predicted molar refractivity (Wildman–Crippen MR) is 82.4 cm³/mol. The average Bonchev–Trinajstić information content (AvgIpc) is 2.42. The molecule has 2 aliphatic rings. The Labute approximate surface area is 123 Å². The number of rotatable bonds is 2. The first-order valence-corrected chi connectivity index (χ1v) is 8.16. The minimum atomic E-state index is 0.129. The zero-order valence-corrected chi connectivity index (χ0v) is 13.5. The fourth-order valence-electron chi connectivity index (χ4n) is 3.79. The van der Waals surface area contributed by atoms with Crippen LogP contribution in [0.5, 0.6) is 0 Å². The number of carbonyl (C=O) groups excluding carboxylic acids is 1. The Hall–Kier alpha value is -0.610. The summed E-state index contributed by atoms with van der Waals surface area (Å²) in [5.74, 6) is 0.955. The molecule has 0 spiro atoms. The van der Waals surface area contributed by atoms with E-state index in [4.69, 9.17) is 5.73 Å². The van der Waals surface area contributed by atoms with E-state index in [1.807, 2.05) is 0 Å². The van der Waals surface area contributed by atoms with Crippen molar-refractivity contribution in [3.63, 3.8) is 0 Å². The first-order chi connectivity index (χ1) is 9.40. The van der Waals surface area contributed by atoms with Crippen molar-refractivity contribution in [1.29, 1.82) is 0 Å². The molecule has 1 heterocycles. The Morgan fingerprint density at radius 3 is 2.35 bits per heavy atom. The molecule has 0 bridgehead atoms. The highest BCUT2D eigenvalue weighted by molar-refractivity contribution is 5.79. The minimum absolute atomic E-state index is 0.129. The van der Waals surface area contributed by atoms with Gasteiger partial charge in [-0.05, 0) is 46.1 Å². The molecule has 0 aromatic carbocycles. The van der Waals surface area contributed by atoms with E-state index in [0.29, 0.717) is 30.0 Å². The lowest BCUT2D eigenvalue weighted by molar-refractivity contribution is -0.141. The third-order valence-electron chi connectivity index (χ3n) is 5.52. The largest absolute Gasteiger partial charge is 0.339 e. The molecular formula is C16H31N3O. The maximum absolute atomic E-state index is 12.8. The lowest BCUT2D eigenvalue weighted by atomic mass is 9.78. The molecule has 1 saturated heterocycles. The second kappa shape index (κ2) is 6.44. The van der Waals surface area contributed by atoms with E-state index < -0.39 is 0 Å². The Bertz CT molecular complexity index is 335. The fourth-order valence-corrected chi connectivity index (χ4v) is 3.79.